The van der Waals surface area contributed by atoms with Crippen molar-refractivity contribution in [2.45, 2.75) is 52.4 Å². The van der Waals surface area contributed by atoms with Gasteiger partial charge in [0.15, 0.2) is 0 Å². The smallest absolute Gasteiger partial charge is 0.297 e. The fraction of sp³-hybridized carbons (Fsp3) is 1.00. The van der Waals surface area contributed by atoms with Gasteiger partial charge in [-0.2, -0.15) is 0 Å². The molecule has 1 fully saturated rings. The van der Waals surface area contributed by atoms with Gasteiger partial charge in [0.05, 0.1) is 13.2 Å². The summed E-state index contributed by atoms with van der Waals surface area (Å²) in [6.07, 6.45) is 6.17. The number of hydrogen-bond acceptors (Lipinski definition) is 3. The van der Waals surface area contributed by atoms with Gasteiger partial charge in [-0.25, -0.2) is 9.24 Å². The Labute approximate surface area is 105 Å². The Morgan fingerprint density at radius 1 is 1.00 bits per heavy atom. The van der Waals surface area contributed by atoms with Gasteiger partial charge in [-0.3, -0.25) is 9.05 Å². The van der Waals surface area contributed by atoms with Crippen LogP contribution in [0.3, 0.4) is 0 Å². The molecule has 1 aliphatic rings. The van der Waals surface area contributed by atoms with Crippen molar-refractivity contribution >= 4 is 7.75 Å². The minimum Gasteiger partial charge on any atom is -0.297 e. The number of nitrogens with zero attached hydrogens (tertiary/aromatic N) is 1. The van der Waals surface area contributed by atoms with Crippen LogP contribution in [0.2, 0.25) is 0 Å². The molecule has 102 valence electrons. The molecule has 0 aromatic rings. The highest BCUT2D eigenvalue weighted by Gasteiger charge is 2.35. The average molecular weight is 263 g/mol. The largest absolute Gasteiger partial charge is 0.408 e. The predicted molar refractivity (Wildman–Crippen MR) is 70.1 cm³/mol. The van der Waals surface area contributed by atoms with Crippen molar-refractivity contribution in [2.75, 3.05) is 26.3 Å². The maximum atomic E-state index is 12.6. The third kappa shape index (κ3) is 5.09. The van der Waals surface area contributed by atoms with E-state index in [-0.39, 0.29) is 0 Å². The van der Waals surface area contributed by atoms with E-state index in [2.05, 4.69) is 13.8 Å². The lowest BCUT2D eigenvalue weighted by Crippen LogP contribution is -2.20. The molecule has 0 N–H and O–H groups in total. The fourth-order valence-corrected chi connectivity index (χ4v) is 3.69. The molecular weight excluding hydrogens is 237 g/mol. The molecule has 17 heavy (non-hydrogen) atoms. The molecule has 1 rings (SSSR count). The average Bonchev–Trinajstić information content (AvgIpc) is 2.84. The first-order valence-electron chi connectivity index (χ1n) is 6.87. The van der Waals surface area contributed by atoms with Crippen LogP contribution in [0.4, 0.5) is 0 Å². The highest BCUT2D eigenvalue weighted by molar-refractivity contribution is 7.51. The minimum absolute atomic E-state index is 0.538. The van der Waals surface area contributed by atoms with Crippen molar-refractivity contribution < 1.29 is 13.6 Å². The van der Waals surface area contributed by atoms with Gasteiger partial charge < -0.3 is 0 Å². The van der Waals surface area contributed by atoms with Gasteiger partial charge in [0.1, 0.15) is 0 Å². The summed E-state index contributed by atoms with van der Waals surface area (Å²) in [6, 6.07) is 0. The zero-order chi connectivity index (χ0) is 12.6. The Bertz CT molecular complexity index is 228. The molecule has 0 saturated carbocycles. The van der Waals surface area contributed by atoms with Gasteiger partial charge in [0.2, 0.25) is 0 Å². The lowest BCUT2D eigenvalue weighted by Gasteiger charge is -2.26. The molecule has 0 aromatic carbocycles. The van der Waals surface area contributed by atoms with Crippen LogP contribution in [0.25, 0.3) is 0 Å². The zero-order valence-electron chi connectivity index (χ0n) is 11.2. The first-order chi connectivity index (χ1) is 8.23. The molecule has 1 aliphatic heterocycles. The molecule has 0 amide bonds. The van der Waals surface area contributed by atoms with E-state index >= 15 is 0 Å². The summed E-state index contributed by atoms with van der Waals surface area (Å²) >= 11 is 0. The second kappa shape index (κ2) is 8.25. The van der Waals surface area contributed by atoms with Crippen molar-refractivity contribution in [2.24, 2.45) is 0 Å². The van der Waals surface area contributed by atoms with E-state index in [4.69, 9.17) is 9.05 Å². The van der Waals surface area contributed by atoms with E-state index in [1.807, 2.05) is 4.67 Å². The molecule has 1 heterocycles. The van der Waals surface area contributed by atoms with E-state index in [0.717, 1.165) is 51.6 Å². The van der Waals surface area contributed by atoms with E-state index in [1.165, 1.54) is 0 Å². The summed E-state index contributed by atoms with van der Waals surface area (Å²) in [5.74, 6) is 0. The van der Waals surface area contributed by atoms with Crippen LogP contribution in [-0.4, -0.2) is 31.0 Å². The van der Waals surface area contributed by atoms with Crippen LogP contribution in [0, 0.1) is 0 Å². The third-order valence-corrected chi connectivity index (χ3v) is 5.04. The molecular formula is C12H26NO3P. The zero-order valence-corrected chi connectivity index (χ0v) is 12.1. The van der Waals surface area contributed by atoms with Crippen LogP contribution in [-0.2, 0) is 13.6 Å². The molecule has 0 aliphatic carbocycles. The second-order valence-corrected chi connectivity index (χ2v) is 6.52. The maximum absolute atomic E-state index is 12.6. The van der Waals surface area contributed by atoms with Crippen molar-refractivity contribution in [1.82, 2.24) is 4.67 Å². The van der Waals surface area contributed by atoms with Gasteiger partial charge in [-0.1, -0.05) is 26.7 Å². The van der Waals surface area contributed by atoms with Crippen molar-refractivity contribution in [1.29, 1.82) is 0 Å². The molecule has 0 aromatic heterocycles. The summed E-state index contributed by atoms with van der Waals surface area (Å²) < 4.78 is 25.7. The Kier molecular flexibility index (Phi) is 7.36. The van der Waals surface area contributed by atoms with Crippen LogP contribution >= 0.6 is 7.75 Å². The minimum atomic E-state index is -2.99. The Morgan fingerprint density at radius 3 is 1.88 bits per heavy atom. The first-order valence-corrected chi connectivity index (χ1v) is 8.37. The SMILES string of the molecule is CCCCOP(=O)(OCCCC)N1CCCC1. The van der Waals surface area contributed by atoms with Gasteiger partial charge in [-0.15, -0.1) is 0 Å². The van der Waals surface area contributed by atoms with Crippen LogP contribution in [0.1, 0.15) is 52.4 Å². The highest BCUT2D eigenvalue weighted by Crippen LogP contribution is 2.53. The van der Waals surface area contributed by atoms with Crippen LogP contribution in [0.5, 0.6) is 0 Å². The van der Waals surface area contributed by atoms with Gasteiger partial charge in [0, 0.05) is 13.1 Å². The van der Waals surface area contributed by atoms with E-state index in [0.29, 0.717) is 13.2 Å². The van der Waals surface area contributed by atoms with Gasteiger partial charge in [0.25, 0.3) is 0 Å². The van der Waals surface area contributed by atoms with Crippen molar-refractivity contribution in [3.05, 3.63) is 0 Å². The first kappa shape index (κ1) is 15.2. The topological polar surface area (TPSA) is 38.8 Å². The molecule has 0 radical (unpaired) electrons. The predicted octanol–water partition coefficient (Wildman–Crippen LogP) is 3.82. The van der Waals surface area contributed by atoms with Gasteiger partial charge >= 0.3 is 7.75 Å². The monoisotopic (exact) mass is 263 g/mol. The highest BCUT2D eigenvalue weighted by atomic mass is 31.2. The quantitative estimate of drug-likeness (QED) is 0.468. The van der Waals surface area contributed by atoms with Gasteiger partial charge in [-0.05, 0) is 25.7 Å². The van der Waals surface area contributed by atoms with Crippen LogP contribution in [0.15, 0.2) is 0 Å². The Morgan fingerprint density at radius 2 is 1.47 bits per heavy atom. The summed E-state index contributed by atoms with van der Waals surface area (Å²) in [5.41, 5.74) is 0. The summed E-state index contributed by atoms with van der Waals surface area (Å²) in [7, 11) is -2.99. The maximum Gasteiger partial charge on any atom is 0.408 e. The molecule has 0 bridgehead atoms. The Balaban J connectivity index is 2.46. The van der Waals surface area contributed by atoms with Crippen molar-refractivity contribution in [3.8, 4) is 0 Å². The lowest BCUT2D eigenvalue weighted by atomic mass is 10.4. The number of unbranched alkanes of at least 4 members (excludes halogenated alkanes) is 2. The molecule has 0 spiro atoms. The summed E-state index contributed by atoms with van der Waals surface area (Å²) in [6.45, 7) is 6.96. The molecule has 4 nitrogen and oxygen atoms in total. The van der Waals surface area contributed by atoms with E-state index in [1.54, 1.807) is 0 Å². The third-order valence-electron chi connectivity index (χ3n) is 2.93. The summed E-state index contributed by atoms with van der Waals surface area (Å²) in [5, 5.41) is 0. The Hall–Kier alpha value is 0.110. The number of hydrogen-bond donors (Lipinski definition) is 0. The normalized spacial score (nSPS) is 17.8. The van der Waals surface area contributed by atoms with E-state index < -0.39 is 7.75 Å². The molecule has 1 saturated heterocycles. The van der Waals surface area contributed by atoms with E-state index in [9.17, 15) is 4.57 Å². The second-order valence-electron chi connectivity index (χ2n) is 4.50. The molecule has 0 atom stereocenters. The van der Waals surface area contributed by atoms with Crippen LogP contribution < -0.4 is 0 Å². The number of rotatable bonds is 9. The standard InChI is InChI=1S/C12H26NO3P/c1-3-5-11-15-17(14,16-12-6-4-2)13-9-7-8-10-13/h3-12H2,1-2H3. The van der Waals surface area contributed by atoms with Crippen molar-refractivity contribution in [3.63, 3.8) is 0 Å². The fourth-order valence-electron chi connectivity index (χ4n) is 1.79. The molecule has 0 unspecified atom stereocenters. The lowest BCUT2D eigenvalue weighted by molar-refractivity contribution is 0.161. The molecule has 5 heteroatoms. The summed E-state index contributed by atoms with van der Waals surface area (Å²) in [4.78, 5) is 0.